The van der Waals surface area contributed by atoms with Crippen LogP contribution in [0, 0.1) is 11.8 Å². The minimum atomic E-state index is -0.0827. The van der Waals surface area contributed by atoms with Gasteiger partial charge in [-0.25, -0.2) is 4.68 Å². The second kappa shape index (κ2) is 7.35. The summed E-state index contributed by atoms with van der Waals surface area (Å²) in [4.78, 5) is 11.9. The summed E-state index contributed by atoms with van der Waals surface area (Å²) in [7, 11) is 0. The second-order valence-corrected chi connectivity index (χ2v) is 5.40. The maximum Gasteiger partial charge on any atom is 0.241 e. The largest absolute Gasteiger partial charge is 0.396 e. The first-order valence-electron chi connectivity index (χ1n) is 7.19. The van der Waals surface area contributed by atoms with E-state index >= 15 is 0 Å². The summed E-state index contributed by atoms with van der Waals surface area (Å²) >= 11 is 0. The van der Waals surface area contributed by atoms with Gasteiger partial charge in [-0.3, -0.25) is 4.79 Å². The molecular weight excluding hydrogens is 258 g/mol. The van der Waals surface area contributed by atoms with Crippen LogP contribution in [0.3, 0.4) is 0 Å². The van der Waals surface area contributed by atoms with Gasteiger partial charge in [-0.1, -0.05) is 18.1 Å². The molecule has 1 heterocycles. The van der Waals surface area contributed by atoms with Crippen LogP contribution >= 0.6 is 0 Å². The Labute approximate surface area is 118 Å². The Kier molecular flexibility index (Phi) is 5.49. The monoisotopic (exact) mass is 281 g/mol. The van der Waals surface area contributed by atoms with Crippen molar-refractivity contribution in [1.29, 1.82) is 0 Å². The van der Waals surface area contributed by atoms with Gasteiger partial charge in [0.2, 0.25) is 5.91 Å². The zero-order valence-corrected chi connectivity index (χ0v) is 11.7. The smallest absolute Gasteiger partial charge is 0.241 e. The Morgan fingerprint density at radius 2 is 2.20 bits per heavy atom. The summed E-state index contributed by atoms with van der Waals surface area (Å²) in [6.45, 7) is 1.32. The molecule has 0 radical (unpaired) electrons. The Bertz CT molecular complexity index is 434. The van der Waals surface area contributed by atoms with Crippen LogP contribution in [0.1, 0.15) is 31.4 Å². The van der Waals surface area contributed by atoms with Crippen molar-refractivity contribution in [3.63, 3.8) is 0 Å². The van der Waals surface area contributed by atoms with Crippen molar-refractivity contribution in [2.45, 2.75) is 38.8 Å². The van der Waals surface area contributed by atoms with Gasteiger partial charge in [0.1, 0.15) is 6.54 Å². The maximum absolute atomic E-state index is 11.9. The first kappa shape index (κ1) is 14.9. The first-order valence-corrected chi connectivity index (χ1v) is 7.19. The van der Waals surface area contributed by atoms with Crippen LogP contribution in [-0.4, -0.2) is 39.2 Å². The van der Waals surface area contributed by atoms with Crippen molar-refractivity contribution in [3.05, 3.63) is 11.9 Å². The lowest BCUT2D eigenvalue weighted by molar-refractivity contribution is -0.122. The Hall–Kier alpha value is -1.47. The van der Waals surface area contributed by atoms with E-state index in [0.29, 0.717) is 30.6 Å². The number of nitrogens with two attached hydrogens (primary N) is 1. The van der Waals surface area contributed by atoms with E-state index in [1.165, 1.54) is 17.5 Å². The number of hydrogen-bond donors (Lipinski definition) is 3. The molecule has 1 aliphatic carbocycles. The molecule has 1 aliphatic rings. The molecule has 0 aliphatic heterocycles. The number of rotatable bonds is 6. The average molecular weight is 281 g/mol. The molecule has 0 bridgehead atoms. The minimum absolute atomic E-state index is 0.0827. The van der Waals surface area contributed by atoms with Gasteiger partial charge < -0.3 is 16.2 Å². The van der Waals surface area contributed by atoms with Crippen molar-refractivity contribution in [2.24, 2.45) is 17.6 Å². The highest BCUT2D eigenvalue weighted by Crippen LogP contribution is 2.28. The summed E-state index contributed by atoms with van der Waals surface area (Å²) in [5, 5.41) is 19.9. The standard InChI is InChI=1S/C13H23N5O2/c14-5-12-7-18(17-16-12)8-13(20)15-6-10-3-1-2-4-11(10)9-19/h7,10-11,19H,1-6,8-9,14H2,(H,15,20). The second-order valence-electron chi connectivity index (χ2n) is 5.40. The van der Waals surface area contributed by atoms with E-state index in [4.69, 9.17) is 5.73 Å². The number of hydrogen-bond acceptors (Lipinski definition) is 5. The highest BCUT2D eigenvalue weighted by atomic mass is 16.3. The number of nitrogens with one attached hydrogen (secondary N) is 1. The van der Waals surface area contributed by atoms with Crippen LogP contribution in [0.15, 0.2) is 6.20 Å². The fourth-order valence-corrected chi connectivity index (χ4v) is 2.75. The van der Waals surface area contributed by atoms with Gasteiger partial charge in [0.15, 0.2) is 0 Å². The number of carbonyl (C=O) groups is 1. The third kappa shape index (κ3) is 4.01. The molecule has 0 aromatic carbocycles. The molecule has 20 heavy (non-hydrogen) atoms. The van der Waals surface area contributed by atoms with Crippen molar-refractivity contribution in [2.75, 3.05) is 13.2 Å². The molecule has 1 aromatic rings. The van der Waals surface area contributed by atoms with Gasteiger partial charge in [0.25, 0.3) is 0 Å². The van der Waals surface area contributed by atoms with Gasteiger partial charge in [0.05, 0.1) is 11.9 Å². The van der Waals surface area contributed by atoms with E-state index in [0.717, 1.165) is 12.8 Å². The number of amides is 1. The molecule has 7 nitrogen and oxygen atoms in total. The molecule has 1 fully saturated rings. The maximum atomic E-state index is 11.9. The zero-order chi connectivity index (χ0) is 14.4. The van der Waals surface area contributed by atoms with E-state index in [2.05, 4.69) is 15.6 Å². The lowest BCUT2D eigenvalue weighted by atomic mass is 9.79. The highest BCUT2D eigenvalue weighted by molar-refractivity contribution is 5.75. The average Bonchev–Trinajstić information content (AvgIpc) is 2.93. The minimum Gasteiger partial charge on any atom is -0.396 e. The molecule has 0 spiro atoms. The van der Waals surface area contributed by atoms with Crippen molar-refractivity contribution in [3.8, 4) is 0 Å². The number of aliphatic hydroxyl groups excluding tert-OH is 1. The Morgan fingerprint density at radius 3 is 2.85 bits per heavy atom. The normalized spacial score (nSPS) is 22.7. The highest BCUT2D eigenvalue weighted by Gasteiger charge is 2.24. The number of aromatic nitrogens is 3. The molecule has 2 rings (SSSR count). The molecule has 1 saturated carbocycles. The first-order chi connectivity index (χ1) is 9.72. The van der Waals surface area contributed by atoms with Crippen LogP contribution in [-0.2, 0) is 17.9 Å². The number of carbonyl (C=O) groups excluding carboxylic acids is 1. The summed E-state index contributed by atoms with van der Waals surface area (Å²) in [6, 6.07) is 0. The topological polar surface area (TPSA) is 106 Å². The van der Waals surface area contributed by atoms with Crippen molar-refractivity contribution in [1.82, 2.24) is 20.3 Å². The molecule has 112 valence electrons. The fraction of sp³-hybridized carbons (Fsp3) is 0.769. The zero-order valence-electron chi connectivity index (χ0n) is 11.7. The third-order valence-corrected chi connectivity index (χ3v) is 3.96. The van der Waals surface area contributed by atoms with E-state index in [1.54, 1.807) is 6.20 Å². The van der Waals surface area contributed by atoms with E-state index in [1.807, 2.05) is 0 Å². The number of nitrogens with zero attached hydrogens (tertiary/aromatic N) is 3. The Balaban J connectivity index is 1.76. The molecule has 1 amide bonds. The van der Waals surface area contributed by atoms with Crippen LogP contribution in [0.25, 0.3) is 0 Å². The molecular formula is C13H23N5O2. The number of aliphatic hydroxyl groups is 1. The quantitative estimate of drug-likeness (QED) is 0.661. The van der Waals surface area contributed by atoms with Gasteiger partial charge in [-0.05, 0) is 24.7 Å². The third-order valence-electron chi connectivity index (χ3n) is 3.96. The summed E-state index contributed by atoms with van der Waals surface area (Å²) < 4.78 is 1.49. The van der Waals surface area contributed by atoms with Crippen LogP contribution < -0.4 is 11.1 Å². The van der Waals surface area contributed by atoms with Gasteiger partial charge in [-0.2, -0.15) is 0 Å². The lowest BCUT2D eigenvalue weighted by Gasteiger charge is -2.30. The molecule has 2 unspecified atom stereocenters. The predicted molar refractivity (Wildman–Crippen MR) is 73.5 cm³/mol. The van der Waals surface area contributed by atoms with E-state index in [9.17, 15) is 9.90 Å². The summed E-state index contributed by atoms with van der Waals surface area (Å²) in [5.41, 5.74) is 6.11. The van der Waals surface area contributed by atoms with Gasteiger partial charge in [0, 0.05) is 19.7 Å². The predicted octanol–water partition coefficient (Wildman–Crippen LogP) is -0.348. The van der Waals surface area contributed by atoms with Gasteiger partial charge >= 0.3 is 0 Å². The van der Waals surface area contributed by atoms with Gasteiger partial charge in [-0.15, -0.1) is 5.10 Å². The van der Waals surface area contributed by atoms with Crippen molar-refractivity contribution >= 4 is 5.91 Å². The summed E-state index contributed by atoms with van der Waals surface area (Å²) in [5.74, 6) is 0.619. The SMILES string of the molecule is NCc1cn(CC(=O)NCC2CCCCC2CO)nn1. The molecule has 0 saturated heterocycles. The molecule has 7 heteroatoms. The van der Waals surface area contributed by atoms with Crippen LogP contribution in [0.5, 0.6) is 0 Å². The van der Waals surface area contributed by atoms with Crippen LogP contribution in [0.2, 0.25) is 0 Å². The van der Waals surface area contributed by atoms with Crippen LogP contribution in [0.4, 0.5) is 0 Å². The molecule has 2 atom stereocenters. The molecule has 1 aromatic heterocycles. The van der Waals surface area contributed by atoms with E-state index < -0.39 is 0 Å². The fourth-order valence-electron chi connectivity index (χ4n) is 2.75. The van der Waals surface area contributed by atoms with Crippen molar-refractivity contribution < 1.29 is 9.90 Å². The Morgan fingerprint density at radius 1 is 1.45 bits per heavy atom. The van der Waals surface area contributed by atoms with E-state index in [-0.39, 0.29) is 19.1 Å². The lowest BCUT2D eigenvalue weighted by Crippen LogP contribution is -2.37. The molecule has 4 N–H and O–H groups in total. The summed E-state index contributed by atoms with van der Waals surface area (Å²) in [6.07, 6.45) is 6.17.